The number of pyridine rings is 3. The first-order chi connectivity index (χ1) is 49.6. The van der Waals surface area contributed by atoms with E-state index in [1.807, 2.05) is 0 Å². The van der Waals surface area contributed by atoms with E-state index in [2.05, 4.69) is 279 Å². The molecule has 0 saturated heterocycles. The number of rotatable bonds is 19. The number of benzene rings is 6. The Hall–Kier alpha value is -5.80. The molecule has 3 nitrogen and oxygen atoms in total. The molecule has 9 aromatic rings. The Bertz CT molecular complexity index is 4360. The summed E-state index contributed by atoms with van der Waals surface area (Å²) >= 11 is 0. The predicted octanol–water partition coefficient (Wildman–Crippen LogP) is 25.7. The van der Waals surface area contributed by atoms with E-state index in [9.17, 15) is 0 Å². The van der Waals surface area contributed by atoms with Gasteiger partial charge in [0.1, 0.15) is 21.1 Å². The van der Waals surface area contributed by atoms with E-state index >= 15 is 0 Å². The summed E-state index contributed by atoms with van der Waals surface area (Å²) in [6.07, 6.45) is 34.5. The molecule has 4 fully saturated rings. The lowest BCUT2D eigenvalue weighted by molar-refractivity contribution is -0.659. The van der Waals surface area contributed by atoms with Crippen LogP contribution in [0.3, 0.4) is 0 Å². The van der Waals surface area contributed by atoms with Crippen molar-refractivity contribution in [2.75, 3.05) is 0 Å². The maximum absolute atomic E-state index is 2.67. The van der Waals surface area contributed by atoms with Crippen LogP contribution >= 0.6 is 0 Å². The summed E-state index contributed by atoms with van der Waals surface area (Å²) in [4.78, 5) is 0. The SMILES string of the molecule is CC[Si](CC)(c1ccc2c(-c3cc(C4CCCCC4)cc(C)c3C)[n+](C)ccc2c1)C(C)C.CC[Si](CC)(c1ccc2c(-c3cc(C4CCCCC4)cc(C4CCCCC4)c3C)[n+](C)ccc2c1)C(C)C.CC[Si](CC)(c1ccc2c(-c3cc(C4CCCCC4)ccc3C)[n+](C)ccc2c1)C(C)C. The van der Waals surface area contributed by atoms with Gasteiger partial charge in [-0.2, -0.15) is 0 Å². The Balaban J connectivity index is 0.000000156. The molecule has 3 heterocycles. The maximum Gasteiger partial charge on any atom is 0.220 e. The molecule has 6 heteroatoms. The van der Waals surface area contributed by atoms with Crippen LogP contribution in [0.2, 0.25) is 52.9 Å². The van der Waals surface area contributed by atoms with E-state index in [0.29, 0.717) is 0 Å². The molecule has 4 saturated carbocycles. The quantitative estimate of drug-likeness (QED) is 0.0565. The third-order valence-electron chi connectivity index (χ3n) is 28.7. The van der Waals surface area contributed by atoms with Crippen LogP contribution in [0.4, 0.5) is 0 Å². The van der Waals surface area contributed by atoms with Crippen LogP contribution in [0.1, 0.15) is 280 Å². The highest BCUT2D eigenvalue weighted by molar-refractivity contribution is 6.94. The Morgan fingerprint density at radius 3 is 0.971 bits per heavy atom. The normalized spacial score (nSPS) is 16.4. The molecular formula is C97H138N3Si3+3. The number of hydrogen-bond acceptors (Lipinski definition) is 0. The lowest BCUT2D eigenvalue weighted by atomic mass is 9.76. The molecule has 0 atom stereocenters. The predicted molar refractivity (Wildman–Crippen MR) is 458 cm³/mol. The molecule has 0 aliphatic heterocycles. The zero-order chi connectivity index (χ0) is 73.5. The molecule has 6 aromatic carbocycles. The Morgan fingerprint density at radius 2 is 0.621 bits per heavy atom. The van der Waals surface area contributed by atoms with Gasteiger partial charge in [-0.3, -0.25) is 0 Å². The van der Waals surface area contributed by atoms with Gasteiger partial charge in [0, 0.05) is 23.8 Å². The molecule has 0 N–H and O–H groups in total. The first-order valence-corrected chi connectivity index (χ1v) is 49.8. The van der Waals surface area contributed by atoms with E-state index in [0.717, 1.165) is 40.3 Å². The van der Waals surface area contributed by atoms with Crippen LogP contribution in [-0.2, 0) is 21.1 Å². The van der Waals surface area contributed by atoms with Crippen molar-refractivity contribution in [3.8, 4) is 33.8 Å². The third-order valence-corrected chi connectivity index (χ3v) is 47.3. The topological polar surface area (TPSA) is 11.6 Å². The van der Waals surface area contributed by atoms with Gasteiger partial charge < -0.3 is 0 Å². The number of fused-ring (bicyclic) bond motifs is 3. The van der Waals surface area contributed by atoms with Crippen LogP contribution in [-0.4, -0.2) is 24.2 Å². The second-order valence-electron chi connectivity index (χ2n) is 34.5. The molecule has 0 amide bonds. The lowest BCUT2D eigenvalue weighted by Gasteiger charge is -2.34. The fraction of sp³-hybridized carbons (Fsp3) is 0.536. The molecule has 4 aliphatic rings. The molecule has 0 bridgehead atoms. The summed E-state index contributed by atoms with van der Waals surface area (Å²) in [6, 6.07) is 55.0. The number of aryl methyl sites for hydroxylation is 5. The Morgan fingerprint density at radius 1 is 0.311 bits per heavy atom. The highest BCUT2D eigenvalue weighted by Gasteiger charge is 2.39. The minimum absolute atomic E-state index is 0.732. The second kappa shape index (κ2) is 34.4. The van der Waals surface area contributed by atoms with E-state index < -0.39 is 24.2 Å². The first kappa shape index (κ1) is 78.3. The van der Waals surface area contributed by atoms with Gasteiger partial charge in [0.15, 0.2) is 18.6 Å². The summed E-state index contributed by atoms with van der Waals surface area (Å²) in [5.74, 6) is 2.95. The summed E-state index contributed by atoms with van der Waals surface area (Å²) < 4.78 is 7.09. The van der Waals surface area contributed by atoms with Crippen LogP contribution in [0, 0.1) is 27.7 Å². The van der Waals surface area contributed by atoms with Gasteiger partial charge in [0.2, 0.25) is 17.1 Å². The standard InChI is InChI=1S/C36H52NSi.C31H44NSi.C30H42NSi/c1-7-38(8-2,26(3)4)32-19-20-33-30(23-32)21-22-37(6)36(33)35-25-31(28-15-11-9-12-16-28)24-34(27(35)5)29-17-13-10-14-18-29;1-8-33(9-2,22(3)4)28-15-16-29-26(20-28)17-18-32(7)31(29)30-21-27(19-23(5)24(30)6)25-13-11-10-12-14-25;1-7-32(8-2,22(3)4)27-16-17-28-26(20-27)18-19-31(6)30(28)29-21-25(15-14-23(29)5)24-12-10-9-11-13-24/h19-26,28-29H,7-18H2,1-6H3;15-22,25H,8-14H2,1-7H3;14-22,24H,7-13H2,1-6H3/q3*+1. The zero-order valence-electron chi connectivity index (χ0n) is 68.5. The Labute approximate surface area is 630 Å². The van der Waals surface area contributed by atoms with Crippen molar-refractivity contribution < 1.29 is 13.7 Å². The highest BCUT2D eigenvalue weighted by Crippen LogP contribution is 2.45. The number of nitrogens with zero attached hydrogens (tertiary/aromatic N) is 3. The summed E-state index contributed by atoms with van der Waals surface area (Å²) in [6.45, 7) is 38.6. The van der Waals surface area contributed by atoms with Crippen molar-refractivity contribution in [1.82, 2.24) is 0 Å². The third kappa shape index (κ3) is 16.0. The van der Waals surface area contributed by atoms with Gasteiger partial charge in [-0.15, -0.1) is 0 Å². The molecule has 103 heavy (non-hydrogen) atoms. The monoisotopic (exact) mass is 1430 g/mol. The first-order valence-electron chi connectivity index (χ1n) is 42.3. The van der Waals surface area contributed by atoms with E-state index in [4.69, 9.17) is 0 Å². The maximum atomic E-state index is 2.67. The van der Waals surface area contributed by atoms with Crippen molar-refractivity contribution in [2.24, 2.45) is 21.1 Å². The van der Waals surface area contributed by atoms with Crippen LogP contribution in [0.5, 0.6) is 0 Å². The summed E-state index contributed by atoms with van der Waals surface area (Å²) in [5.41, 5.74) is 23.0. The smallest absolute Gasteiger partial charge is 0.200 e. The molecule has 0 unspecified atom stereocenters. The molecule has 3 aromatic heterocycles. The van der Waals surface area contributed by atoms with Crippen LogP contribution in [0.25, 0.3) is 66.1 Å². The molecule has 0 spiro atoms. The fourth-order valence-corrected chi connectivity index (χ4v) is 34.8. The number of aromatic nitrogens is 3. The minimum Gasteiger partial charge on any atom is -0.200 e. The van der Waals surface area contributed by atoms with Gasteiger partial charge in [-0.25, -0.2) is 13.7 Å². The van der Waals surface area contributed by atoms with E-state index in [1.54, 1.807) is 37.8 Å². The largest absolute Gasteiger partial charge is 0.220 e. The van der Waals surface area contributed by atoms with Gasteiger partial charge in [-0.05, 0) is 216 Å². The van der Waals surface area contributed by atoms with Crippen molar-refractivity contribution in [3.05, 3.63) is 178 Å². The lowest BCUT2D eigenvalue weighted by Crippen LogP contribution is -2.49. The van der Waals surface area contributed by atoms with Crippen molar-refractivity contribution >= 4 is 72.1 Å². The van der Waals surface area contributed by atoms with E-state index in [1.165, 1.54) is 253 Å². The number of hydrogen-bond donors (Lipinski definition) is 0. The minimum atomic E-state index is -1.51. The molecule has 550 valence electrons. The molecule has 4 aliphatic carbocycles. The van der Waals surface area contributed by atoms with Crippen molar-refractivity contribution in [2.45, 2.75) is 316 Å². The molecular weight excluding hydrogens is 1290 g/mol. The summed E-state index contributed by atoms with van der Waals surface area (Å²) in [5, 5.41) is 13.4. The fourth-order valence-electron chi connectivity index (χ4n) is 21.4. The van der Waals surface area contributed by atoms with Crippen molar-refractivity contribution in [3.63, 3.8) is 0 Å². The summed E-state index contributed by atoms with van der Waals surface area (Å²) in [7, 11) is 2.23. The Kier molecular flexibility index (Phi) is 26.1. The van der Waals surface area contributed by atoms with Gasteiger partial charge in [0.05, 0.1) is 51.5 Å². The highest BCUT2D eigenvalue weighted by atomic mass is 28.3. The molecule has 0 radical (unpaired) electrons. The van der Waals surface area contributed by atoms with E-state index in [-0.39, 0.29) is 0 Å². The second-order valence-corrected chi connectivity index (χ2v) is 50.9. The van der Waals surface area contributed by atoms with Crippen molar-refractivity contribution in [1.29, 1.82) is 0 Å². The van der Waals surface area contributed by atoms with Crippen LogP contribution in [0.15, 0.2) is 134 Å². The van der Waals surface area contributed by atoms with Gasteiger partial charge in [-0.1, -0.05) is 273 Å². The van der Waals surface area contributed by atoms with Crippen LogP contribution < -0.4 is 29.3 Å². The van der Waals surface area contributed by atoms with Gasteiger partial charge >= 0.3 is 0 Å². The molecule has 13 rings (SSSR count). The average molecular weight is 1430 g/mol. The van der Waals surface area contributed by atoms with Gasteiger partial charge in [0.25, 0.3) is 0 Å². The zero-order valence-corrected chi connectivity index (χ0v) is 71.5. The average Bonchev–Trinajstić information content (AvgIpc) is 0.762.